The van der Waals surface area contributed by atoms with Crippen LogP contribution in [0.25, 0.3) is 6.08 Å². The number of benzene rings is 2. The summed E-state index contributed by atoms with van der Waals surface area (Å²) in [7, 11) is 3.11. The van der Waals surface area contributed by atoms with E-state index in [9.17, 15) is 9.59 Å². The van der Waals surface area contributed by atoms with Crippen LogP contribution in [0.4, 0.5) is 5.69 Å². The van der Waals surface area contributed by atoms with E-state index >= 15 is 0 Å². The molecule has 2 aromatic carbocycles. The minimum Gasteiger partial charge on any atom is -0.493 e. The van der Waals surface area contributed by atoms with Crippen LogP contribution in [-0.2, 0) is 4.79 Å². The average molecular weight is 368 g/mol. The van der Waals surface area contributed by atoms with Gasteiger partial charge in [-0.2, -0.15) is 0 Å². The van der Waals surface area contributed by atoms with E-state index in [0.29, 0.717) is 22.7 Å². The summed E-state index contributed by atoms with van der Waals surface area (Å²) in [4.78, 5) is 24.1. The number of carbonyl (C=O) groups is 2. The zero-order valence-corrected chi connectivity index (χ0v) is 15.9. The molecule has 0 unspecified atom stereocenters. The molecule has 0 bridgehead atoms. The molecule has 0 atom stereocenters. The van der Waals surface area contributed by atoms with Crippen LogP contribution in [0.2, 0.25) is 0 Å². The van der Waals surface area contributed by atoms with Gasteiger partial charge in [-0.15, -0.1) is 0 Å². The van der Waals surface area contributed by atoms with Gasteiger partial charge in [0, 0.05) is 13.1 Å². The highest BCUT2D eigenvalue weighted by Crippen LogP contribution is 2.29. The summed E-state index contributed by atoms with van der Waals surface area (Å²) in [6.45, 7) is 3.88. The number of hydrogen-bond acceptors (Lipinski definition) is 4. The highest BCUT2D eigenvalue weighted by molar-refractivity contribution is 6.07. The summed E-state index contributed by atoms with van der Waals surface area (Å²) in [5.41, 5.74) is 1.64. The molecular weight excluding hydrogens is 344 g/mol. The van der Waals surface area contributed by atoms with Crippen molar-refractivity contribution in [3.8, 4) is 11.5 Å². The first-order valence-electron chi connectivity index (χ1n) is 8.59. The van der Waals surface area contributed by atoms with Gasteiger partial charge in [0.05, 0.1) is 24.5 Å². The van der Waals surface area contributed by atoms with E-state index in [1.807, 2.05) is 19.9 Å². The molecule has 6 heteroatoms. The van der Waals surface area contributed by atoms with Gasteiger partial charge in [-0.1, -0.05) is 18.2 Å². The molecule has 0 spiro atoms. The number of hydrogen-bond donors (Lipinski definition) is 2. The fourth-order valence-electron chi connectivity index (χ4n) is 2.41. The first-order chi connectivity index (χ1) is 12.9. The Bertz CT molecular complexity index is 844. The number of amides is 2. The Morgan fingerprint density at radius 1 is 1.07 bits per heavy atom. The van der Waals surface area contributed by atoms with Crippen molar-refractivity contribution in [1.82, 2.24) is 5.32 Å². The molecular formula is C21H24N2O4. The van der Waals surface area contributed by atoms with E-state index in [4.69, 9.17) is 9.47 Å². The molecule has 0 aliphatic rings. The highest BCUT2D eigenvalue weighted by atomic mass is 16.5. The van der Waals surface area contributed by atoms with Crippen molar-refractivity contribution in [2.75, 3.05) is 19.5 Å². The van der Waals surface area contributed by atoms with E-state index in [2.05, 4.69) is 10.6 Å². The molecule has 6 nitrogen and oxygen atoms in total. The van der Waals surface area contributed by atoms with Gasteiger partial charge >= 0.3 is 0 Å². The summed E-state index contributed by atoms with van der Waals surface area (Å²) in [6, 6.07) is 12.3. The number of ether oxygens (including phenoxy) is 2. The van der Waals surface area contributed by atoms with Crippen LogP contribution in [0.5, 0.6) is 11.5 Å². The van der Waals surface area contributed by atoms with Gasteiger partial charge in [0.2, 0.25) is 5.91 Å². The Labute approximate surface area is 159 Å². The smallest absolute Gasteiger partial charge is 0.253 e. The van der Waals surface area contributed by atoms with E-state index < -0.39 is 0 Å². The molecule has 27 heavy (non-hydrogen) atoms. The second-order valence-electron chi connectivity index (χ2n) is 6.02. The summed E-state index contributed by atoms with van der Waals surface area (Å²) in [5, 5.41) is 5.27. The maximum atomic E-state index is 12.2. The van der Waals surface area contributed by atoms with Gasteiger partial charge in [-0.3, -0.25) is 9.59 Å². The zero-order valence-electron chi connectivity index (χ0n) is 15.9. The Morgan fingerprint density at radius 2 is 1.81 bits per heavy atom. The number of nitrogens with one attached hydrogen (secondary N) is 2. The number of carbonyl (C=O) groups excluding carboxylic acids is 2. The first kappa shape index (κ1) is 20.0. The second-order valence-corrected chi connectivity index (χ2v) is 6.02. The molecule has 0 fully saturated rings. The van der Waals surface area contributed by atoms with Crippen LogP contribution in [0, 0.1) is 0 Å². The standard InChI is InChI=1S/C21H24N2O4/c1-14(2)27-18-11-9-15(13-19(18)26-4)10-12-20(24)23-17-8-6-5-7-16(17)21(25)22-3/h5-14H,1-4H3,(H,22,25)(H,23,24)/b12-10+. The number of para-hydroxylation sites is 1. The van der Waals surface area contributed by atoms with E-state index in [-0.39, 0.29) is 17.9 Å². The fraction of sp³-hybridized carbons (Fsp3) is 0.238. The van der Waals surface area contributed by atoms with Gasteiger partial charge in [-0.05, 0) is 49.8 Å². The predicted octanol–water partition coefficient (Wildman–Crippen LogP) is 3.49. The molecule has 2 N–H and O–H groups in total. The largest absolute Gasteiger partial charge is 0.493 e. The summed E-state index contributed by atoms with van der Waals surface area (Å²) < 4.78 is 11.0. The maximum Gasteiger partial charge on any atom is 0.253 e. The molecule has 0 radical (unpaired) electrons. The molecule has 0 aliphatic carbocycles. The third-order valence-corrected chi connectivity index (χ3v) is 3.63. The SMILES string of the molecule is CNC(=O)c1ccccc1NC(=O)/C=C/c1ccc(OC(C)C)c(OC)c1. The Balaban J connectivity index is 2.12. The molecule has 0 aromatic heterocycles. The molecule has 0 aliphatic heterocycles. The summed E-state index contributed by atoms with van der Waals surface area (Å²) in [6.07, 6.45) is 3.10. The van der Waals surface area contributed by atoms with Crippen molar-refractivity contribution in [3.63, 3.8) is 0 Å². The van der Waals surface area contributed by atoms with Crippen LogP contribution in [0.1, 0.15) is 29.8 Å². The maximum absolute atomic E-state index is 12.2. The van der Waals surface area contributed by atoms with E-state index in [1.165, 1.54) is 6.08 Å². The van der Waals surface area contributed by atoms with Gasteiger partial charge in [-0.25, -0.2) is 0 Å². The highest BCUT2D eigenvalue weighted by Gasteiger charge is 2.10. The summed E-state index contributed by atoms with van der Waals surface area (Å²) in [5.74, 6) is 0.637. The molecule has 2 aromatic rings. The molecule has 0 saturated heterocycles. The van der Waals surface area contributed by atoms with Crippen LogP contribution in [-0.4, -0.2) is 32.1 Å². The molecule has 2 amide bonds. The topological polar surface area (TPSA) is 76.7 Å². The van der Waals surface area contributed by atoms with Gasteiger partial charge in [0.25, 0.3) is 5.91 Å². The molecule has 0 heterocycles. The lowest BCUT2D eigenvalue weighted by atomic mass is 10.1. The average Bonchev–Trinajstić information content (AvgIpc) is 2.66. The molecule has 142 valence electrons. The van der Waals surface area contributed by atoms with Crippen molar-refractivity contribution in [2.45, 2.75) is 20.0 Å². The van der Waals surface area contributed by atoms with Crippen molar-refractivity contribution in [2.24, 2.45) is 0 Å². The second kappa shape index (κ2) is 9.43. The van der Waals surface area contributed by atoms with Crippen LogP contribution in [0.15, 0.2) is 48.5 Å². The monoisotopic (exact) mass is 368 g/mol. The third kappa shape index (κ3) is 5.60. The zero-order chi connectivity index (χ0) is 19.8. The lowest BCUT2D eigenvalue weighted by molar-refractivity contribution is -0.111. The van der Waals surface area contributed by atoms with Crippen LogP contribution >= 0.6 is 0 Å². The normalized spacial score (nSPS) is 10.7. The van der Waals surface area contributed by atoms with Gasteiger partial charge in [0.1, 0.15) is 0 Å². The lowest BCUT2D eigenvalue weighted by Crippen LogP contribution is -2.20. The summed E-state index contributed by atoms with van der Waals surface area (Å²) >= 11 is 0. The minimum atomic E-state index is -0.340. The van der Waals surface area contributed by atoms with Gasteiger partial charge in [0.15, 0.2) is 11.5 Å². The third-order valence-electron chi connectivity index (χ3n) is 3.63. The van der Waals surface area contributed by atoms with E-state index in [0.717, 1.165) is 5.56 Å². The minimum absolute atomic E-state index is 0.0338. The Morgan fingerprint density at radius 3 is 2.48 bits per heavy atom. The Hall–Kier alpha value is -3.28. The van der Waals surface area contributed by atoms with E-state index in [1.54, 1.807) is 56.6 Å². The molecule has 2 rings (SSSR count). The van der Waals surface area contributed by atoms with Crippen molar-refractivity contribution >= 4 is 23.6 Å². The number of rotatable bonds is 7. The van der Waals surface area contributed by atoms with Crippen molar-refractivity contribution in [1.29, 1.82) is 0 Å². The fourth-order valence-corrected chi connectivity index (χ4v) is 2.41. The van der Waals surface area contributed by atoms with Crippen LogP contribution in [0.3, 0.4) is 0 Å². The Kier molecular flexibility index (Phi) is 7.00. The number of methoxy groups -OCH3 is 1. The number of anilines is 1. The quantitative estimate of drug-likeness (QED) is 0.734. The lowest BCUT2D eigenvalue weighted by Gasteiger charge is -2.13. The first-order valence-corrected chi connectivity index (χ1v) is 8.59. The van der Waals surface area contributed by atoms with Crippen molar-refractivity contribution in [3.05, 3.63) is 59.7 Å². The molecule has 0 saturated carbocycles. The van der Waals surface area contributed by atoms with Crippen LogP contribution < -0.4 is 20.1 Å². The van der Waals surface area contributed by atoms with Gasteiger partial charge < -0.3 is 20.1 Å². The predicted molar refractivity (Wildman–Crippen MR) is 106 cm³/mol. The van der Waals surface area contributed by atoms with Crippen molar-refractivity contribution < 1.29 is 19.1 Å².